The zero-order valence-corrected chi connectivity index (χ0v) is 19.6. The van der Waals surface area contributed by atoms with Crippen molar-refractivity contribution in [1.82, 2.24) is 19.6 Å². The van der Waals surface area contributed by atoms with Crippen molar-refractivity contribution in [1.29, 1.82) is 5.41 Å². The van der Waals surface area contributed by atoms with Gasteiger partial charge in [-0.05, 0) is 60.9 Å². The molecule has 10 heteroatoms. The number of benzene rings is 2. The Balaban J connectivity index is 1.57. The van der Waals surface area contributed by atoms with E-state index in [1.165, 1.54) is 5.01 Å². The topological polar surface area (TPSA) is 123 Å². The molecule has 2 amide bonds. The van der Waals surface area contributed by atoms with Crippen LogP contribution in [0.4, 0.5) is 4.79 Å². The second-order valence-electron chi connectivity index (χ2n) is 8.88. The number of hydrazine groups is 1. The van der Waals surface area contributed by atoms with E-state index < -0.39 is 10.0 Å². The van der Waals surface area contributed by atoms with Crippen molar-refractivity contribution in [2.75, 3.05) is 32.7 Å². The number of nitrogens with zero attached hydrogens (tertiary/aromatic N) is 3. The highest BCUT2D eigenvalue weighted by molar-refractivity contribution is 7.89. The molecule has 2 aliphatic heterocycles. The third kappa shape index (κ3) is 5.56. The monoisotopic (exact) mass is 472 g/mol. The first-order valence-electron chi connectivity index (χ1n) is 11.5. The summed E-state index contributed by atoms with van der Waals surface area (Å²) in [6.07, 6.45) is 4.58. The van der Waals surface area contributed by atoms with Crippen molar-refractivity contribution >= 4 is 32.8 Å². The number of amides is 2. The first kappa shape index (κ1) is 23.3. The molecule has 2 heterocycles. The van der Waals surface area contributed by atoms with Crippen LogP contribution in [0.1, 0.15) is 32.1 Å². The number of hydrogen-bond donors (Lipinski definition) is 3. The molecule has 2 saturated heterocycles. The summed E-state index contributed by atoms with van der Waals surface area (Å²) in [6.45, 7) is 2.70. The van der Waals surface area contributed by atoms with Crippen molar-refractivity contribution in [2.24, 2.45) is 11.7 Å². The maximum absolute atomic E-state index is 13.4. The van der Waals surface area contributed by atoms with E-state index in [0.717, 1.165) is 42.9 Å². The second-order valence-corrected chi connectivity index (χ2v) is 10.5. The van der Waals surface area contributed by atoms with Gasteiger partial charge < -0.3 is 15.5 Å². The van der Waals surface area contributed by atoms with Gasteiger partial charge >= 0.3 is 6.03 Å². The molecular weight excluding hydrogens is 440 g/mol. The minimum atomic E-state index is -3.97. The summed E-state index contributed by atoms with van der Waals surface area (Å²) in [7, 11) is -3.97. The third-order valence-corrected chi connectivity index (χ3v) is 7.75. The van der Waals surface area contributed by atoms with E-state index >= 15 is 0 Å². The number of nitrogens with two attached hydrogens (primary N) is 1. The Morgan fingerprint density at radius 1 is 1.03 bits per heavy atom. The maximum Gasteiger partial charge on any atom is 0.335 e. The normalized spacial score (nSPS) is 19.5. The molecule has 2 aromatic carbocycles. The zero-order chi connectivity index (χ0) is 23.4. The molecule has 0 aromatic heterocycles. The molecule has 4 N–H and O–H groups in total. The molecule has 4 rings (SSSR count). The quantitative estimate of drug-likeness (QED) is 0.351. The Bertz CT molecular complexity index is 1120. The van der Waals surface area contributed by atoms with Gasteiger partial charge in [0.25, 0.3) is 10.0 Å². The van der Waals surface area contributed by atoms with Crippen molar-refractivity contribution in [3.63, 3.8) is 0 Å². The average Bonchev–Trinajstić information content (AvgIpc) is 2.83. The van der Waals surface area contributed by atoms with Crippen molar-refractivity contribution < 1.29 is 13.2 Å². The molecule has 2 fully saturated rings. The highest BCUT2D eigenvalue weighted by Crippen LogP contribution is 2.22. The van der Waals surface area contributed by atoms with Gasteiger partial charge in [-0.1, -0.05) is 30.3 Å². The first-order valence-corrected chi connectivity index (χ1v) is 13.0. The lowest BCUT2D eigenvalue weighted by molar-refractivity contribution is 0.116. The fraction of sp³-hybridized carbons (Fsp3) is 0.478. The smallest absolute Gasteiger partial charge is 0.335 e. The van der Waals surface area contributed by atoms with E-state index in [2.05, 4.69) is 4.83 Å². The molecule has 0 aliphatic carbocycles. The maximum atomic E-state index is 13.4. The average molecular weight is 473 g/mol. The molecule has 9 nitrogen and oxygen atoms in total. The summed E-state index contributed by atoms with van der Waals surface area (Å²) < 4.78 is 26.6. The predicted molar refractivity (Wildman–Crippen MR) is 128 cm³/mol. The summed E-state index contributed by atoms with van der Waals surface area (Å²) in [5, 5.41) is 10.8. The number of nitrogens with one attached hydrogen (secondary N) is 2. The lowest BCUT2D eigenvalue weighted by Gasteiger charge is -2.38. The fourth-order valence-electron chi connectivity index (χ4n) is 4.63. The highest BCUT2D eigenvalue weighted by atomic mass is 32.2. The van der Waals surface area contributed by atoms with Crippen LogP contribution in [0, 0.1) is 11.3 Å². The Hall–Kier alpha value is -2.85. The van der Waals surface area contributed by atoms with Crippen LogP contribution < -0.4 is 10.6 Å². The number of rotatable bonds is 5. The zero-order valence-electron chi connectivity index (χ0n) is 18.7. The summed E-state index contributed by atoms with van der Waals surface area (Å²) in [5.74, 6) is 0.0149. The van der Waals surface area contributed by atoms with Crippen LogP contribution in [0.3, 0.4) is 0 Å². The van der Waals surface area contributed by atoms with Crippen LogP contribution in [-0.4, -0.2) is 67.9 Å². The highest BCUT2D eigenvalue weighted by Gasteiger charge is 2.31. The van der Waals surface area contributed by atoms with Gasteiger partial charge in [-0.3, -0.25) is 5.41 Å². The van der Waals surface area contributed by atoms with Crippen LogP contribution in [0.25, 0.3) is 10.8 Å². The molecule has 0 saturated carbocycles. The SMILES string of the molecule is N=C(N)N1CCCC(CN(NS(=O)(=O)c2ccc3ccccc3c2)C(=O)N2CCCCC2)C1. The summed E-state index contributed by atoms with van der Waals surface area (Å²) in [4.78, 5) is 19.5. The number of likely N-dealkylation sites (tertiary alicyclic amines) is 2. The van der Waals surface area contributed by atoms with Crippen LogP contribution in [0.15, 0.2) is 47.4 Å². The number of guanidine groups is 1. The van der Waals surface area contributed by atoms with Crippen LogP contribution in [0.2, 0.25) is 0 Å². The van der Waals surface area contributed by atoms with Crippen LogP contribution >= 0.6 is 0 Å². The van der Waals surface area contributed by atoms with E-state index in [1.54, 1.807) is 28.0 Å². The fourth-order valence-corrected chi connectivity index (χ4v) is 5.71. The molecule has 1 unspecified atom stereocenters. The molecule has 178 valence electrons. The number of fused-ring (bicyclic) bond motifs is 1. The van der Waals surface area contributed by atoms with Crippen molar-refractivity contribution in [3.8, 4) is 0 Å². The summed E-state index contributed by atoms with van der Waals surface area (Å²) in [6, 6.07) is 12.2. The van der Waals surface area contributed by atoms with Crippen molar-refractivity contribution in [2.45, 2.75) is 37.0 Å². The second kappa shape index (κ2) is 9.96. The van der Waals surface area contributed by atoms with Crippen LogP contribution in [0.5, 0.6) is 0 Å². The van der Waals surface area contributed by atoms with E-state index in [-0.39, 0.29) is 29.3 Å². The molecule has 0 radical (unpaired) electrons. The van der Waals surface area contributed by atoms with Crippen LogP contribution in [-0.2, 0) is 10.0 Å². The van der Waals surface area contributed by atoms with Gasteiger partial charge in [0.1, 0.15) is 0 Å². The van der Waals surface area contributed by atoms with Crippen molar-refractivity contribution in [3.05, 3.63) is 42.5 Å². The van der Waals surface area contributed by atoms with E-state index in [0.29, 0.717) is 26.2 Å². The van der Waals surface area contributed by atoms with Gasteiger partial charge in [-0.15, -0.1) is 4.83 Å². The number of piperidine rings is 2. The predicted octanol–water partition coefficient (Wildman–Crippen LogP) is 2.55. The molecule has 2 aromatic rings. The van der Waals surface area contributed by atoms with Gasteiger partial charge in [0.2, 0.25) is 0 Å². The van der Waals surface area contributed by atoms with Gasteiger partial charge in [0.05, 0.1) is 4.90 Å². The van der Waals surface area contributed by atoms with Gasteiger partial charge in [-0.2, -0.15) is 0 Å². The lowest BCUT2D eigenvalue weighted by atomic mass is 9.98. The molecule has 1 atom stereocenters. The molecular formula is C23H32N6O3S. The van der Waals surface area contributed by atoms with E-state index in [4.69, 9.17) is 11.1 Å². The first-order chi connectivity index (χ1) is 15.8. The Morgan fingerprint density at radius 2 is 1.73 bits per heavy atom. The van der Waals surface area contributed by atoms with E-state index in [1.807, 2.05) is 24.3 Å². The number of urea groups is 1. The molecule has 0 spiro atoms. The molecule has 2 aliphatic rings. The third-order valence-electron chi connectivity index (χ3n) is 6.42. The van der Waals surface area contributed by atoms with Gasteiger partial charge in [-0.25, -0.2) is 18.2 Å². The Kier molecular flexibility index (Phi) is 7.04. The molecule has 33 heavy (non-hydrogen) atoms. The minimum absolute atomic E-state index is 0.00496. The number of hydrogen-bond acceptors (Lipinski definition) is 4. The Labute approximate surface area is 195 Å². The Morgan fingerprint density at radius 3 is 2.45 bits per heavy atom. The van der Waals surface area contributed by atoms with E-state index in [9.17, 15) is 13.2 Å². The minimum Gasteiger partial charge on any atom is -0.370 e. The summed E-state index contributed by atoms with van der Waals surface area (Å²) >= 11 is 0. The standard InChI is InChI=1S/C23H32N6O3S/c24-22(25)28-14-6-7-18(16-28)17-29(23(30)27-12-4-1-5-13-27)26-33(31,32)21-11-10-19-8-2-3-9-20(19)15-21/h2-3,8-11,15,18,26H,1,4-7,12-14,16-17H2,(H3,24,25). The lowest BCUT2D eigenvalue weighted by Crippen LogP contribution is -2.56. The molecule has 0 bridgehead atoms. The summed E-state index contributed by atoms with van der Waals surface area (Å²) in [5.41, 5.74) is 5.67. The van der Waals surface area contributed by atoms with Gasteiger partial charge in [0, 0.05) is 32.7 Å². The largest absolute Gasteiger partial charge is 0.370 e. The number of carbonyl (C=O) groups is 1. The number of carbonyl (C=O) groups excluding carboxylic acids is 1. The van der Waals surface area contributed by atoms with Gasteiger partial charge in [0.15, 0.2) is 5.96 Å². The number of sulfonamides is 1.